The molecular weight excluding hydrogens is 266 g/mol. The van der Waals surface area contributed by atoms with Gasteiger partial charge in [-0.15, -0.1) is 0 Å². The first-order valence-corrected chi connectivity index (χ1v) is 7.81. The van der Waals surface area contributed by atoms with E-state index in [0.717, 1.165) is 30.9 Å². The Morgan fingerprint density at radius 1 is 1.38 bits per heavy atom. The molecule has 1 fully saturated rings. The quantitative estimate of drug-likeness (QED) is 0.580. The van der Waals surface area contributed by atoms with Crippen LogP contribution in [0, 0.1) is 16.0 Å². The van der Waals surface area contributed by atoms with Crippen LogP contribution in [0.15, 0.2) is 18.2 Å². The van der Waals surface area contributed by atoms with Crippen molar-refractivity contribution in [2.45, 2.75) is 46.1 Å². The van der Waals surface area contributed by atoms with Crippen LogP contribution in [0.2, 0.25) is 0 Å². The molecule has 1 saturated carbocycles. The summed E-state index contributed by atoms with van der Waals surface area (Å²) in [7, 11) is 0. The first kappa shape index (κ1) is 15.6. The molecular formula is C16H25N3O2. The number of nitrogens with zero attached hydrogens (tertiary/aromatic N) is 2. The fourth-order valence-corrected chi connectivity index (χ4v) is 2.48. The molecule has 1 N–H and O–H groups in total. The van der Waals surface area contributed by atoms with E-state index in [-0.39, 0.29) is 10.6 Å². The monoisotopic (exact) mass is 291 g/mol. The van der Waals surface area contributed by atoms with Gasteiger partial charge in [0.05, 0.1) is 4.92 Å². The predicted octanol–water partition coefficient (Wildman–Crippen LogP) is 4.04. The van der Waals surface area contributed by atoms with Gasteiger partial charge in [-0.05, 0) is 38.2 Å². The van der Waals surface area contributed by atoms with Gasteiger partial charge in [0, 0.05) is 42.6 Å². The summed E-state index contributed by atoms with van der Waals surface area (Å²) in [4.78, 5) is 13.2. The average molecular weight is 291 g/mol. The molecule has 116 valence electrons. The number of benzene rings is 1. The number of nitrogens with one attached hydrogen (secondary N) is 1. The van der Waals surface area contributed by atoms with E-state index in [0.29, 0.717) is 12.0 Å². The van der Waals surface area contributed by atoms with Crippen molar-refractivity contribution in [3.63, 3.8) is 0 Å². The zero-order chi connectivity index (χ0) is 15.4. The van der Waals surface area contributed by atoms with Crippen molar-refractivity contribution in [3.05, 3.63) is 28.3 Å². The van der Waals surface area contributed by atoms with Crippen molar-refractivity contribution in [2.75, 3.05) is 23.3 Å². The molecule has 5 nitrogen and oxygen atoms in total. The number of hydrogen-bond acceptors (Lipinski definition) is 4. The van der Waals surface area contributed by atoms with Crippen LogP contribution in [-0.2, 0) is 0 Å². The van der Waals surface area contributed by atoms with E-state index >= 15 is 0 Å². The molecule has 0 atom stereocenters. The topological polar surface area (TPSA) is 58.4 Å². The van der Waals surface area contributed by atoms with Crippen molar-refractivity contribution < 1.29 is 4.92 Å². The number of nitro groups is 1. The highest BCUT2D eigenvalue weighted by atomic mass is 16.6. The lowest BCUT2D eigenvalue weighted by Crippen LogP contribution is -2.27. The van der Waals surface area contributed by atoms with Crippen LogP contribution < -0.4 is 10.2 Å². The zero-order valence-electron chi connectivity index (χ0n) is 13.1. The van der Waals surface area contributed by atoms with Gasteiger partial charge in [0.25, 0.3) is 5.69 Å². The van der Waals surface area contributed by atoms with Gasteiger partial charge in [0.2, 0.25) is 0 Å². The van der Waals surface area contributed by atoms with E-state index in [1.807, 2.05) is 13.0 Å². The van der Waals surface area contributed by atoms with Crippen molar-refractivity contribution in [2.24, 2.45) is 5.92 Å². The third-order valence-electron chi connectivity index (χ3n) is 3.76. The highest BCUT2D eigenvalue weighted by molar-refractivity contribution is 5.65. The Labute approximate surface area is 126 Å². The molecule has 1 aromatic rings. The summed E-state index contributed by atoms with van der Waals surface area (Å²) in [6.07, 6.45) is 3.49. The molecule has 0 radical (unpaired) electrons. The van der Waals surface area contributed by atoms with Crippen molar-refractivity contribution in [3.8, 4) is 0 Å². The number of hydrogen-bond donors (Lipinski definition) is 1. The summed E-state index contributed by atoms with van der Waals surface area (Å²) < 4.78 is 0. The Kier molecular flexibility index (Phi) is 5.04. The zero-order valence-corrected chi connectivity index (χ0v) is 13.1. The lowest BCUT2D eigenvalue weighted by molar-refractivity contribution is -0.384. The van der Waals surface area contributed by atoms with E-state index in [4.69, 9.17) is 0 Å². The van der Waals surface area contributed by atoms with Gasteiger partial charge in [-0.25, -0.2) is 0 Å². The molecule has 2 rings (SSSR count). The van der Waals surface area contributed by atoms with Crippen LogP contribution in [0.3, 0.4) is 0 Å². The van der Waals surface area contributed by atoms with E-state index in [2.05, 4.69) is 24.1 Å². The van der Waals surface area contributed by atoms with Crippen LogP contribution in [0.25, 0.3) is 0 Å². The molecule has 0 saturated heterocycles. The van der Waals surface area contributed by atoms with Crippen LogP contribution in [0.1, 0.15) is 40.0 Å². The van der Waals surface area contributed by atoms with E-state index < -0.39 is 0 Å². The molecule has 0 spiro atoms. The summed E-state index contributed by atoms with van der Waals surface area (Å²) in [6.45, 7) is 8.15. The Morgan fingerprint density at radius 3 is 2.62 bits per heavy atom. The second-order valence-corrected chi connectivity index (χ2v) is 6.13. The highest BCUT2D eigenvalue weighted by Crippen LogP contribution is 2.35. The summed E-state index contributed by atoms with van der Waals surface area (Å²) in [5, 5.41) is 14.3. The van der Waals surface area contributed by atoms with Gasteiger partial charge in [-0.3, -0.25) is 10.1 Å². The average Bonchev–Trinajstić information content (AvgIpc) is 3.23. The van der Waals surface area contributed by atoms with Gasteiger partial charge >= 0.3 is 0 Å². The number of nitro benzene ring substituents is 1. The molecule has 21 heavy (non-hydrogen) atoms. The SMILES string of the molecule is CCNc1cc(N(CCC(C)C)C2CC2)cc([N+](=O)[O-])c1. The Hall–Kier alpha value is -1.78. The molecule has 0 aromatic heterocycles. The predicted molar refractivity (Wildman–Crippen MR) is 87.1 cm³/mol. The van der Waals surface area contributed by atoms with Crippen LogP contribution in [0.5, 0.6) is 0 Å². The minimum atomic E-state index is -0.308. The first-order chi connectivity index (χ1) is 10.0. The van der Waals surface area contributed by atoms with Gasteiger partial charge in [0.1, 0.15) is 0 Å². The third-order valence-corrected chi connectivity index (χ3v) is 3.76. The maximum absolute atomic E-state index is 11.1. The van der Waals surface area contributed by atoms with Crippen molar-refractivity contribution >= 4 is 17.1 Å². The molecule has 5 heteroatoms. The second kappa shape index (κ2) is 6.78. The lowest BCUT2D eigenvalue weighted by Gasteiger charge is -2.26. The van der Waals surface area contributed by atoms with Gasteiger partial charge in [0.15, 0.2) is 0 Å². The summed E-state index contributed by atoms with van der Waals surface area (Å²) >= 11 is 0. The molecule has 0 unspecified atom stereocenters. The Bertz CT molecular complexity index is 498. The summed E-state index contributed by atoms with van der Waals surface area (Å²) in [6, 6.07) is 5.91. The number of rotatable bonds is 8. The van der Waals surface area contributed by atoms with Crippen LogP contribution in [0.4, 0.5) is 17.1 Å². The van der Waals surface area contributed by atoms with Gasteiger partial charge < -0.3 is 10.2 Å². The molecule has 1 aromatic carbocycles. The minimum absolute atomic E-state index is 0.165. The van der Waals surface area contributed by atoms with Gasteiger partial charge in [-0.1, -0.05) is 13.8 Å². The maximum atomic E-state index is 11.1. The van der Waals surface area contributed by atoms with Crippen molar-refractivity contribution in [1.29, 1.82) is 0 Å². The summed E-state index contributed by atoms with van der Waals surface area (Å²) in [5.41, 5.74) is 1.97. The van der Waals surface area contributed by atoms with Crippen LogP contribution in [-0.4, -0.2) is 24.1 Å². The van der Waals surface area contributed by atoms with E-state index in [1.54, 1.807) is 12.1 Å². The van der Waals surface area contributed by atoms with E-state index in [9.17, 15) is 10.1 Å². The smallest absolute Gasteiger partial charge is 0.273 e. The molecule has 1 aliphatic rings. The molecule has 0 amide bonds. The number of anilines is 2. The fourth-order valence-electron chi connectivity index (χ4n) is 2.48. The lowest BCUT2D eigenvalue weighted by atomic mass is 10.1. The largest absolute Gasteiger partial charge is 0.385 e. The molecule has 1 aliphatic carbocycles. The molecule has 0 aliphatic heterocycles. The van der Waals surface area contributed by atoms with E-state index in [1.165, 1.54) is 12.8 Å². The molecule has 0 bridgehead atoms. The maximum Gasteiger partial charge on any atom is 0.273 e. The number of non-ortho nitro benzene ring substituents is 1. The summed E-state index contributed by atoms with van der Waals surface area (Å²) in [5.74, 6) is 0.637. The van der Waals surface area contributed by atoms with Crippen LogP contribution >= 0.6 is 0 Å². The highest BCUT2D eigenvalue weighted by Gasteiger charge is 2.30. The third kappa shape index (κ3) is 4.34. The van der Waals surface area contributed by atoms with Gasteiger partial charge in [-0.2, -0.15) is 0 Å². The standard InChI is InChI=1S/C16H25N3O2/c1-4-17-13-9-15(11-16(10-13)19(20)21)18(14-5-6-14)8-7-12(2)3/h9-12,14,17H,4-8H2,1-3H3. The first-order valence-electron chi connectivity index (χ1n) is 7.81. The normalized spacial score (nSPS) is 14.3. The fraction of sp³-hybridized carbons (Fsp3) is 0.625. The second-order valence-electron chi connectivity index (χ2n) is 6.13. The van der Waals surface area contributed by atoms with Crippen molar-refractivity contribution in [1.82, 2.24) is 0 Å². The Morgan fingerprint density at radius 2 is 2.10 bits per heavy atom. The molecule has 0 heterocycles. The Balaban J connectivity index is 2.27. The minimum Gasteiger partial charge on any atom is -0.385 e.